The number of nitrogens with zero attached hydrogens (tertiary/aromatic N) is 1. The number of benzene rings is 1. The number of aromatic amines is 1. The molecule has 2 aromatic rings. The van der Waals surface area contributed by atoms with Crippen molar-refractivity contribution in [3.8, 4) is 0 Å². The van der Waals surface area contributed by atoms with Gasteiger partial charge in [-0.2, -0.15) is 0 Å². The van der Waals surface area contributed by atoms with Crippen LogP contribution in [0.15, 0.2) is 30.5 Å². The number of fused-ring (bicyclic) bond motifs is 1. The number of aromatic nitrogens is 1. The van der Waals surface area contributed by atoms with E-state index in [4.69, 9.17) is 5.73 Å². The molecule has 0 fully saturated rings. The molecule has 0 spiro atoms. The molecule has 0 bridgehead atoms. The Hall–Kier alpha value is -2.34. The lowest BCUT2D eigenvalue weighted by Crippen LogP contribution is -2.46. The number of nitrogens with two attached hydrogens (primary N) is 1. The third-order valence-corrected chi connectivity index (χ3v) is 3.77. The van der Waals surface area contributed by atoms with Gasteiger partial charge in [0.05, 0.1) is 12.6 Å². The monoisotopic (exact) mass is 302 g/mol. The molecule has 118 valence electrons. The van der Waals surface area contributed by atoms with E-state index in [1.165, 1.54) is 0 Å². The van der Waals surface area contributed by atoms with Gasteiger partial charge in [-0.15, -0.1) is 0 Å². The van der Waals surface area contributed by atoms with Crippen LogP contribution in [0.3, 0.4) is 0 Å². The molecule has 2 amide bonds. The van der Waals surface area contributed by atoms with Crippen LogP contribution in [-0.4, -0.2) is 47.9 Å². The Morgan fingerprint density at radius 1 is 1.36 bits per heavy atom. The summed E-state index contributed by atoms with van der Waals surface area (Å²) in [6.45, 7) is 2.46. The minimum absolute atomic E-state index is 0.0231. The fraction of sp³-hybridized carbons (Fsp3) is 0.375. The van der Waals surface area contributed by atoms with Gasteiger partial charge in [-0.3, -0.25) is 9.59 Å². The Kier molecular flexibility index (Phi) is 5.16. The summed E-state index contributed by atoms with van der Waals surface area (Å²) >= 11 is 0. The van der Waals surface area contributed by atoms with Gasteiger partial charge in [-0.05, 0) is 25.0 Å². The van der Waals surface area contributed by atoms with Crippen molar-refractivity contribution in [1.82, 2.24) is 15.2 Å². The van der Waals surface area contributed by atoms with Crippen molar-refractivity contribution >= 4 is 22.7 Å². The number of likely N-dealkylation sites (N-methyl/N-ethyl adjacent to an activating group) is 1. The van der Waals surface area contributed by atoms with E-state index < -0.39 is 6.04 Å². The van der Waals surface area contributed by atoms with Crippen LogP contribution in [0.5, 0.6) is 0 Å². The first-order valence-electron chi connectivity index (χ1n) is 7.35. The Labute approximate surface area is 129 Å². The van der Waals surface area contributed by atoms with Crippen LogP contribution >= 0.6 is 0 Å². The largest absolute Gasteiger partial charge is 0.361 e. The first-order chi connectivity index (χ1) is 10.5. The van der Waals surface area contributed by atoms with E-state index in [0.717, 1.165) is 16.5 Å². The number of rotatable bonds is 6. The number of nitrogens with one attached hydrogen (secondary N) is 2. The van der Waals surface area contributed by atoms with Gasteiger partial charge >= 0.3 is 0 Å². The molecule has 1 aromatic carbocycles. The van der Waals surface area contributed by atoms with Crippen molar-refractivity contribution in [2.45, 2.75) is 19.4 Å². The Bertz CT molecular complexity index is 665. The Balaban J connectivity index is 1.93. The number of carbonyl (C=O) groups excluding carboxylic acids is 2. The van der Waals surface area contributed by atoms with Crippen LogP contribution in [0.2, 0.25) is 0 Å². The van der Waals surface area contributed by atoms with Gasteiger partial charge < -0.3 is 20.9 Å². The molecule has 0 aliphatic carbocycles. The van der Waals surface area contributed by atoms with Gasteiger partial charge in [-0.25, -0.2) is 0 Å². The van der Waals surface area contributed by atoms with Crippen LogP contribution in [-0.2, 0) is 16.0 Å². The van der Waals surface area contributed by atoms with Crippen molar-refractivity contribution in [3.63, 3.8) is 0 Å². The molecule has 4 N–H and O–H groups in total. The first-order valence-corrected chi connectivity index (χ1v) is 7.35. The highest BCUT2D eigenvalue weighted by Gasteiger charge is 2.17. The number of amides is 2. The molecule has 1 heterocycles. The smallest absolute Gasteiger partial charge is 0.241 e. The van der Waals surface area contributed by atoms with Crippen LogP contribution in [0.25, 0.3) is 10.9 Å². The van der Waals surface area contributed by atoms with Gasteiger partial charge in [0, 0.05) is 30.7 Å². The van der Waals surface area contributed by atoms with E-state index in [0.29, 0.717) is 13.0 Å². The SMILES string of the molecule is CCN(C)C(=O)CNC(=O)[C@@H](N)Cc1c[nH]c2ccccc12. The molecule has 0 aliphatic rings. The minimum atomic E-state index is -0.682. The zero-order valence-electron chi connectivity index (χ0n) is 12.9. The number of carbonyl (C=O) groups is 2. The highest BCUT2D eigenvalue weighted by molar-refractivity contribution is 5.88. The van der Waals surface area contributed by atoms with Crippen molar-refractivity contribution in [2.24, 2.45) is 5.73 Å². The Morgan fingerprint density at radius 2 is 2.09 bits per heavy atom. The van der Waals surface area contributed by atoms with Crippen LogP contribution in [0.4, 0.5) is 0 Å². The molecule has 0 radical (unpaired) electrons. The van der Waals surface area contributed by atoms with Crippen molar-refractivity contribution in [2.75, 3.05) is 20.1 Å². The third kappa shape index (κ3) is 3.65. The summed E-state index contributed by atoms with van der Waals surface area (Å²) in [7, 11) is 1.69. The first kappa shape index (κ1) is 16.0. The molecule has 2 rings (SSSR count). The second-order valence-electron chi connectivity index (χ2n) is 5.30. The minimum Gasteiger partial charge on any atom is -0.361 e. The maximum atomic E-state index is 12.0. The summed E-state index contributed by atoms with van der Waals surface area (Å²) in [6.07, 6.45) is 2.29. The van der Waals surface area contributed by atoms with Gasteiger partial charge in [0.1, 0.15) is 0 Å². The number of hydrogen-bond donors (Lipinski definition) is 3. The van der Waals surface area contributed by atoms with Crippen LogP contribution in [0, 0.1) is 0 Å². The van der Waals surface area contributed by atoms with E-state index >= 15 is 0 Å². The Morgan fingerprint density at radius 3 is 2.82 bits per heavy atom. The highest BCUT2D eigenvalue weighted by Crippen LogP contribution is 2.18. The molecule has 0 unspecified atom stereocenters. The van der Waals surface area contributed by atoms with Crippen LogP contribution in [0.1, 0.15) is 12.5 Å². The fourth-order valence-electron chi connectivity index (χ4n) is 2.24. The second-order valence-corrected chi connectivity index (χ2v) is 5.30. The lowest BCUT2D eigenvalue weighted by atomic mass is 10.1. The molecule has 0 saturated heterocycles. The van der Waals surface area contributed by atoms with E-state index in [-0.39, 0.29) is 18.4 Å². The summed E-state index contributed by atoms with van der Waals surface area (Å²) < 4.78 is 0. The topological polar surface area (TPSA) is 91.2 Å². The fourth-order valence-corrected chi connectivity index (χ4v) is 2.24. The summed E-state index contributed by atoms with van der Waals surface area (Å²) in [4.78, 5) is 28.4. The van der Waals surface area contributed by atoms with Crippen molar-refractivity contribution < 1.29 is 9.59 Å². The zero-order valence-corrected chi connectivity index (χ0v) is 12.9. The number of hydrogen-bond acceptors (Lipinski definition) is 3. The van der Waals surface area contributed by atoms with Gasteiger partial charge in [-0.1, -0.05) is 18.2 Å². The molecule has 1 atom stereocenters. The summed E-state index contributed by atoms with van der Waals surface area (Å²) in [5.41, 5.74) is 7.96. The number of para-hydroxylation sites is 1. The molecule has 0 saturated carbocycles. The molecular weight excluding hydrogens is 280 g/mol. The molecule has 6 heteroatoms. The maximum Gasteiger partial charge on any atom is 0.241 e. The van der Waals surface area contributed by atoms with Gasteiger partial charge in [0.15, 0.2) is 0 Å². The maximum absolute atomic E-state index is 12.0. The van der Waals surface area contributed by atoms with Crippen molar-refractivity contribution in [1.29, 1.82) is 0 Å². The molecule has 22 heavy (non-hydrogen) atoms. The van der Waals surface area contributed by atoms with E-state index in [1.54, 1.807) is 11.9 Å². The molecule has 6 nitrogen and oxygen atoms in total. The standard InChI is InChI=1S/C16H22N4O2/c1-3-20(2)15(21)10-19-16(22)13(17)8-11-9-18-14-7-5-4-6-12(11)14/h4-7,9,13,18H,3,8,10,17H2,1-2H3,(H,19,22)/t13-/m0/s1. The van der Waals surface area contributed by atoms with Gasteiger partial charge in [0.2, 0.25) is 11.8 Å². The zero-order chi connectivity index (χ0) is 16.1. The summed E-state index contributed by atoms with van der Waals surface area (Å²) in [5.74, 6) is -0.446. The van der Waals surface area contributed by atoms with Gasteiger partial charge in [0.25, 0.3) is 0 Å². The summed E-state index contributed by atoms with van der Waals surface area (Å²) in [6, 6.07) is 7.18. The molecule has 0 aliphatic heterocycles. The normalized spacial score (nSPS) is 12.1. The molecular formula is C16H22N4O2. The second kappa shape index (κ2) is 7.09. The lowest BCUT2D eigenvalue weighted by Gasteiger charge is -2.16. The average Bonchev–Trinajstić information content (AvgIpc) is 2.94. The third-order valence-electron chi connectivity index (χ3n) is 3.77. The summed E-state index contributed by atoms with van der Waals surface area (Å²) in [5, 5.41) is 3.66. The van der Waals surface area contributed by atoms with E-state index in [9.17, 15) is 9.59 Å². The van der Waals surface area contributed by atoms with Crippen LogP contribution < -0.4 is 11.1 Å². The van der Waals surface area contributed by atoms with Crippen molar-refractivity contribution in [3.05, 3.63) is 36.0 Å². The van der Waals surface area contributed by atoms with E-state index in [1.807, 2.05) is 37.4 Å². The predicted octanol–water partition coefficient (Wildman–Crippen LogP) is 0.632. The predicted molar refractivity (Wildman–Crippen MR) is 86.3 cm³/mol. The average molecular weight is 302 g/mol. The molecule has 1 aromatic heterocycles. The number of H-pyrrole nitrogens is 1. The van der Waals surface area contributed by atoms with E-state index in [2.05, 4.69) is 10.3 Å². The quantitative estimate of drug-likeness (QED) is 0.731. The lowest BCUT2D eigenvalue weighted by molar-refractivity contribution is -0.132. The highest BCUT2D eigenvalue weighted by atomic mass is 16.2.